The molecule has 0 bridgehead atoms. The molecule has 0 aliphatic carbocycles. The molecular weight excluding hydrogens is 306 g/mol. The van der Waals surface area contributed by atoms with E-state index in [1.165, 1.54) is 6.08 Å². The van der Waals surface area contributed by atoms with Crippen LogP contribution in [-0.4, -0.2) is 27.2 Å². The van der Waals surface area contributed by atoms with Crippen molar-refractivity contribution in [3.63, 3.8) is 0 Å². The highest BCUT2D eigenvalue weighted by Gasteiger charge is 2.13. The Balaban J connectivity index is 2.08. The van der Waals surface area contributed by atoms with E-state index in [-0.39, 0.29) is 12.5 Å². The number of rotatable bonds is 7. The standard InChI is InChI=1S/C19H21NO4/c1-22-15-11-17(23-2)16(18(12-15)24-3)13-20-19(21)10-9-14-7-5-4-6-8-14/h4-12H,13H2,1-3H3,(H,20,21)/b10-9+. The van der Waals surface area contributed by atoms with E-state index in [0.29, 0.717) is 17.2 Å². The maximum atomic E-state index is 12.0. The highest BCUT2D eigenvalue weighted by atomic mass is 16.5. The zero-order valence-electron chi connectivity index (χ0n) is 14.0. The molecular formula is C19H21NO4. The molecule has 2 aromatic carbocycles. The fourth-order valence-electron chi connectivity index (χ4n) is 2.22. The van der Waals surface area contributed by atoms with Crippen LogP contribution in [0.15, 0.2) is 48.5 Å². The minimum Gasteiger partial charge on any atom is -0.496 e. The lowest BCUT2D eigenvalue weighted by Gasteiger charge is -2.15. The molecule has 1 N–H and O–H groups in total. The molecule has 0 aromatic heterocycles. The van der Waals surface area contributed by atoms with Gasteiger partial charge in [0.15, 0.2) is 0 Å². The first-order chi connectivity index (χ1) is 11.7. The number of carbonyl (C=O) groups excluding carboxylic acids is 1. The average molecular weight is 327 g/mol. The smallest absolute Gasteiger partial charge is 0.244 e. The summed E-state index contributed by atoms with van der Waals surface area (Å²) in [5.74, 6) is 1.62. The van der Waals surface area contributed by atoms with Crippen LogP contribution in [0, 0.1) is 0 Å². The Morgan fingerprint density at radius 2 is 1.62 bits per heavy atom. The van der Waals surface area contributed by atoms with E-state index in [2.05, 4.69) is 5.32 Å². The van der Waals surface area contributed by atoms with Crippen molar-refractivity contribution in [3.05, 3.63) is 59.7 Å². The molecule has 24 heavy (non-hydrogen) atoms. The van der Waals surface area contributed by atoms with Crippen molar-refractivity contribution in [2.75, 3.05) is 21.3 Å². The van der Waals surface area contributed by atoms with E-state index in [4.69, 9.17) is 14.2 Å². The van der Waals surface area contributed by atoms with Crippen LogP contribution in [0.4, 0.5) is 0 Å². The summed E-state index contributed by atoms with van der Waals surface area (Å²) in [5, 5.41) is 2.83. The summed E-state index contributed by atoms with van der Waals surface area (Å²) in [6, 6.07) is 13.1. The van der Waals surface area contributed by atoms with Crippen LogP contribution in [0.1, 0.15) is 11.1 Å². The molecule has 0 unspecified atom stereocenters. The summed E-state index contributed by atoms with van der Waals surface area (Å²) in [4.78, 5) is 12.0. The molecule has 0 spiro atoms. The molecule has 5 heteroatoms. The third-order valence-corrected chi connectivity index (χ3v) is 3.48. The molecule has 0 fully saturated rings. The second-order valence-corrected chi connectivity index (χ2v) is 4.97. The SMILES string of the molecule is COc1cc(OC)c(CNC(=O)/C=C/c2ccccc2)c(OC)c1. The Hall–Kier alpha value is -2.95. The molecule has 2 rings (SSSR count). The fourth-order valence-corrected chi connectivity index (χ4v) is 2.22. The van der Waals surface area contributed by atoms with Crippen molar-refractivity contribution < 1.29 is 19.0 Å². The Kier molecular flexibility index (Phi) is 6.25. The van der Waals surface area contributed by atoms with Gasteiger partial charge in [0.25, 0.3) is 0 Å². The summed E-state index contributed by atoms with van der Waals surface area (Å²) in [6.45, 7) is 0.286. The number of hydrogen-bond acceptors (Lipinski definition) is 4. The van der Waals surface area contributed by atoms with Crippen molar-refractivity contribution in [3.8, 4) is 17.2 Å². The Morgan fingerprint density at radius 1 is 1.00 bits per heavy atom. The zero-order valence-corrected chi connectivity index (χ0v) is 14.0. The van der Waals surface area contributed by atoms with Crippen molar-refractivity contribution in [2.24, 2.45) is 0 Å². The molecule has 126 valence electrons. The highest BCUT2D eigenvalue weighted by Crippen LogP contribution is 2.33. The van der Waals surface area contributed by atoms with Gasteiger partial charge in [-0.2, -0.15) is 0 Å². The van der Waals surface area contributed by atoms with Gasteiger partial charge >= 0.3 is 0 Å². The maximum Gasteiger partial charge on any atom is 0.244 e. The first-order valence-electron chi connectivity index (χ1n) is 7.47. The number of carbonyl (C=O) groups is 1. The minimum absolute atomic E-state index is 0.196. The van der Waals surface area contributed by atoms with Gasteiger partial charge in [0.2, 0.25) is 5.91 Å². The van der Waals surface area contributed by atoms with Gasteiger partial charge in [-0.25, -0.2) is 0 Å². The lowest BCUT2D eigenvalue weighted by molar-refractivity contribution is -0.116. The summed E-state index contributed by atoms with van der Waals surface area (Å²) < 4.78 is 15.9. The lowest BCUT2D eigenvalue weighted by Crippen LogP contribution is -2.21. The average Bonchev–Trinajstić information content (AvgIpc) is 2.64. The normalized spacial score (nSPS) is 10.5. The summed E-state index contributed by atoms with van der Waals surface area (Å²) in [7, 11) is 4.70. The molecule has 5 nitrogen and oxygen atoms in total. The molecule has 0 radical (unpaired) electrons. The van der Waals surface area contributed by atoms with Crippen LogP contribution in [0.5, 0.6) is 17.2 Å². The second-order valence-electron chi connectivity index (χ2n) is 4.97. The van der Waals surface area contributed by atoms with E-state index in [1.807, 2.05) is 30.3 Å². The van der Waals surface area contributed by atoms with Crippen LogP contribution in [-0.2, 0) is 11.3 Å². The Labute approximate surface area is 141 Å². The van der Waals surface area contributed by atoms with Gasteiger partial charge in [-0.1, -0.05) is 30.3 Å². The predicted octanol–water partition coefficient (Wildman–Crippen LogP) is 3.04. The Bertz CT molecular complexity index is 686. The quantitative estimate of drug-likeness (QED) is 0.794. The Morgan fingerprint density at radius 3 is 2.17 bits per heavy atom. The second kappa shape index (κ2) is 8.62. The van der Waals surface area contributed by atoms with Gasteiger partial charge in [-0.05, 0) is 11.6 Å². The number of hydrogen-bond donors (Lipinski definition) is 1. The first kappa shape index (κ1) is 17.4. The molecule has 0 heterocycles. The largest absolute Gasteiger partial charge is 0.496 e. The molecule has 0 aliphatic rings. The number of methoxy groups -OCH3 is 3. The highest BCUT2D eigenvalue weighted by molar-refractivity contribution is 5.91. The third-order valence-electron chi connectivity index (χ3n) is 3.48. The van der Waals surface area contributed by atoms with Gasteiger partial charge in [-0.3, -0.25) is 4.79 Å². The van der Waals surface area contributed by atoms with Crippen molar-refractivity contribution in [2.45, 2.75) is 6.54 Å². The van der Waals surface area contributed by atoms with E-state index in [1.54, 1.807) is 39.5 Å². The van der Waals surface area contributed by atoms with Gasteiger partial charge < -0.3 is 19.5 Å². The number of ether oxygens (including phenoxy) is 3. The van der Waals surface area contributed by atoms with E-state index in [9.17, 15) is 4.79 Å². The summed E-state index contributed by atoms with van der Waals surface area (Å²) >= 11 is 0. The van der Waals surface area contributed by atoms with E-state index < -0.39 is 0 Å². The summed E-state index contributed by atoms with van der Waals surface area (Å²) in [6.07, 6.45) is 3.26. The van der Waals surface area contributed by atoms with Crippen LogP contribution in [0.3, 0.4) is 0 Å². The third kappa shape index (κ3) is 4.52. The van der Waals surface area contributed by atoms with Crippen molar-refractivity contribution in [1.82, 2.24) is 5.32 Å². The molecule has 0 aliphatic heterocycles. The summed E-state index contributed by atoms with van der Waals surface area (Å²) in [5.41, 5.74) is 1.72. The maximum absolute atomic E-state index is 12.0. The van der Waals surface area contributed by atoms with Gasteiger partial charge in [0.05, 0.1) is 33.4 Å². The monoisotopic (exact) mass is 327 g/mol. The van der Waals surface area contributed by atoms with Gasteiger partial charge in [0.1, 0.15) is 17.2 Å². The van der Waals surface area contributed by atoms with Crippen LogP contribution >= 0.6 is 0 Å². The minimum atomic E-state index is -0.196. The molecule has 2 aromatic rings. The fraction of sp³-hybridized carbons (Fsp3) is 0.211. The molecule has 1 amide bonds. The van der Waals surface area contributed by atoms with Gasteiger partial charge in [-0.15, -0.1) is 0 Å². The molecule has 0 saturated carbocycles. The van der Waals surface area contributed by atoms with Crippen LogP contribution < -0.4 is 19.5 Å². The lowest BCUT2D eigenvalue weighted by atomic mass is 10.1. The predicted molar refractivity (Wildman–Crippen MR) is 93.4 cm³/mol. The first-order valence-corrected chi connectivity index (χ1v) is 7.47. The van der Waals surface area contributed by atoms with Gasteiger partial charge in [0, 0.05) is 18.2 Å². The number of benzene rings is 2. The van der Waals surface area contributed by atoms with E-state index in [0.717, 1.165) is 11.1 Å². The van der Waals surface area contributed by atoms with Crippen molar-refractivity contribution in [1.29, 1.82) is 0 Å². The number of amides is 1. The number of nitrogens with one attached hydrogen (secondary N) is 1. The molecule has 0 saturated heterocycles. The topological polar surface area (TPSA) is 56.8 Å². The molecule has 0 atom stereocenters. The van der Waals surface area contributed by atoms with Crippen LogP contribution in [0.2, 0.25) is 0 Å². The van der Waals surface area contributed by atoms with E-state index >= 15 is 0 Å². The zero-order chi connectivity index (χ0) is 17.4. The van der Waals surface area contributed by atoms with Crippen molar-refractivity contribution >= 4 is 12.0 Å². The van der Waals surface area contributed by atoms with Crippen LogP contribution in [0.25, 0.3) is 6.08 Å².